The van der Waals surface area contributed by atoms with Gasteiger partial charge in [0, 0.05) is 6.04 Å². The zero-order valence-electron chi connectivity index (χ0n) is 15.9. The van der Waals surface area contributed by atoms with E-state index >= 15 is 0 Å². The fourth-order valence-electron chi connectivity index (χ4n) is 2.94. The fourth-order valence-corrected chi connectivity index (χ4v) is 4.42. The first-order valence-electron chi connectivity index (χ1n) is 8.85. The molecule has 0 unspecified atom stereocenters. The fraction of sp³-hybridized carbons (Fsp3) is 0.350. The van der Waals surface area contributed by atoms with Crippen LogP contribution in [0, 0.1) is 13.8 Å². The number of carbonyl (C=O) groups excluding carboxylic acids is 1. The first-order valence-corrected chi connectivity index (χ1v) is 10.3. The number of aryl methyl sites for hydroxylation is 2. The first-order chi connectivity index (χ1) is 12.7. The predicted octanol–water partition coefficient (Wildman–Crippen LogP) is 2.78. The van der Waals surface area contributed by atoms with E-state index in [1.807, 2.05) is 33.8 Å². The number of benzene rings is 2. The first kappa shape index (κ1) is 19.2. The maximum absolute atomic E-state index is 13.3. The van der Waals surface area contributed by atoms with Gasteiger partial charge in [-0.2, -0.15) is 0 Å². The molecule has 0 saturated carbocycles. The van der Waals surface area contributed by atoms with Gasteiger partial charge in [0.25, 0.3) is 15.9 Å². The van der Waals surface area contributed by atoms with Gasteiger partial charge in [-0.3, -0.25) is 9.10 Å². The van der Waals surface area contributed by atoms with Crippen LogP contribution >= 0.6 is 0 Å². The molecule has 0 fully saturated rings. The molecule has 0 bridgehead atoms. The zero-order chi connectivity index (χ0) is 19.8. The Balaban J connectivity index is 2.04. The number of ether oxygens (including phenoxy) is 1. The van der Waals surface area contributed by atoms with E-state index in [2.05, 4.69) is 5.32 Å². The quantitative estimate of drug-likeness (QED) is 0.874. The van der Waals surface area contributed by atoms with E-state index in [1.54, 1.807) is 36.4 Å². The molecule has 3 rings (SSSR count). The number of nitrogens with one attached hydrogen (secondary N) is 1. The number of carbonyl (C=O) groups is 1. The van der Waals surface area contributed by atoms with Gasteiger partial charge < -0.3 is 10.1 Å². The Bertz CT molecular complexity index is 952. The van der Waals surface area contributed by atoms with Gasteiger partial charge in [0.2, 0.25) is 0 Å². The highest BCUT2D eigenvalue weighted by Gasteiger charge is 2.37. The summed E-state index contributed by atoms with van der Waals surface area (Å²) >= 11 is 0. The molecular weight excluding hydrogens is 364 g/mol. The predicted molar refractivity (Wildman–Crippen MR) is 105 cm³/mol. The maximum Gasteiger partial charge on any atom is 0.264 e. The number of nitrogens with zero attached hydrogens (tertiary/aromatic N) is 1. The van der Waals surface area contributed by atoms with Gasteiger partial charge in [-0.05, 0) is 57.5 Å². The van der Waals surface area contributed by atoms with E-state index < -0.39 is 16.1 Å². The molecule has 7 heteroatoms. The van der Waals surface area contributed by atoms with Crippen molar-refractivity contribution in [1.82, 2.24) is 5.32 Å². The SMILES string of the molecule is Cc1ccc(S(=O)(=O)N2C[C@@H](C(=O)NC(C)C)Oc3cc(C)ccc32)cc1. The molecule has 1 heterocycles. The van der Waals surface area contributed by atoms with Crippen molar-refractivity contribution in [3.05, 3.63) is 53.6 Å². The lowest BCUT2D eigenvalue weighted by molar-refractivity contribution is -0.128. The van der Waals surface area contributed by atoms with Crippen LogP contribution < -0.4 is 14.4 Å². The topological polar surface area (TPSA) is 75.7 Å². The Morgan fingerprint density at radius 3 is 2.37 bits per heavy atom. The molecule has 1 N–H and O–H groups in total. The van der Waals surface area contributed by atoms with Crippen molar-refractivity contribution in [1.29, 1.82) is 0 Å². The number of sulfonamides is 1. The number of hydrogen-bond donors (Lipinski definition) is 1. The minimum atomic E-state index is -3.83. The van der Waals surface area contributed by atoms with Crippen molar-refractivity contribution in [3.8, 4) is 5.75 Å². The van der Waals surface area contributed by atoms with Gasteiger partial charge >= 0.3 is 0 Å². The van der Waals surface area contributed by atoms with Crippen molar-refractivity contribution in [2.75, 3.05) is 10.8 Å². The third-order valence-electron chi connectivity index (χ3n) is 4.32. The maximum atomic E-state index is 13.3. The Labute approximate surface area is 160 Å². The summed E-state index contributed by atoms with van der Waals surface area (Å²) < 4.78 is 33.7. The van der Waals surface area contributed by atoms with Gasteiger partial charge in [0.1, 0.15) is 5.75 Å². The molecule has 1 amide bonds. The monoisotopic (exact) mass is 388 g/mol. The average molecular weight is 388 g/mol. The van der Waals surface area contributed by atoms with Crippen LogP contribution in [-0.4, -0.2) is 33.0 Å². The molecule has 0 aromatic heterocycles. The van der Waals surface area contributed by atoms with Gasteiger partial charge in [-0.1, -0.05) is 23.8 Å². The van der Waals surface area contributed by atoms with Crippen LogP contribution in [0.5, 0.6) is 5.75 Å². The van der Waals surface area contributed by atoms with Crippen LogP contribution in [0.25, 0.3) is 0 Å². The molecule has 0 saturated heterocycles. The molecule has 1 aliphatic rings. The lowest BCUT2D eigenvalue weighted by atomic mass is 10.1. The van der Waals surface area contributed by atoms with Gasteiger partial charge in [-0.15, -0.1) is 0 Å². The van der Waals surface area contributed by atoms with E-state index in [9.17, 15) is 13.2 Å². The molecule has 0 aliphatic carbocycles. The lowest BCUT2D eigenvalue weighted by Crippen LogP contribution is -2.51. The van der Waals surface area contributed by atoms with Crippen LogP contribution in [0.3, 0.4) is 0 Å². The number of fused-ring (bicyclic) bond motifs is 1. The second kappa shape index (κ2) is 7.23. The van der Waals surface area contributed by atoms with E-state index in [0.717, 1.165) is 11.1 Å². The zero-order valence-corrected chi connectivity index (χ0v) is 16.7. The number of hydrogen-bond acceptors (Lipinski definition) is 4. The molecule has 144 valence electrons. The molecular formula is C20H24N2O4S. The summed E-state index contributed by atoms with van der Waals surface area (Å²) in [6, 6.07) is 11.9. The Hall–Kier alpha value is -2.54. The van der Waals surface area contributed by atoms with E-state index in [4.69, 9.17) is 4.74 Å². The number of amides is 1. The molecule has 2 aromatic rings. The van der Waals surface area contributed by atoms with Crippen molar-refractivity contribution >= 4 is 21.6 Å². The van der Waals surface area contributed by atoms with Crippen molar-refractivity contribution in [3.63, 3.8) is 0 Å². The van der Waals surface area contributed by atoms with E-state index in [1.165, 1.54) is 4.31 Å². The molecule has 1 aliphatic heterocycles. The third kappa shape index (κ3) is 3.93. The van der Waals surface area contributed by atoms with Crippen LogP contribution in [0.1, 0.15) is 25.0 Å². The van der Waals surface area contributed by atoms with Crippen LogP contribution in [-0.2, 0) is 14.8 Å². The van der Waals surface area contributed by atoms with Crippen molar-refractivity contribution in [2.24, 2.45) is 0 Å². The standard InChI is InChI=1S/C20H24N2O4S/c1-13(2)21-20(23)19-12-22(17-10-7-15(4)11-18(17)26-19)27(24,25)16-8-5-14(3)6-9-16/h5-11,13,19H,12H2,1-4H3,(H,21,23)/t19-/m0/s1. The summed E-state index contributed by atoms with van der Waals surface area (Å²) in [6.07, 6.45) is -0.915. The second-order valence-electron chi connectivity index (χ2n) is 7.09. The van der Waals surface area contributed by atoms with E-state index in [-0.39, 0.29) is 23.4 Å². The normalized spacial score (nSPS) is 16.6. The average Bonchev–Trinajstić information content (AvgIpc) is 2.60. The van der Waals surface area contributed by atoms with Crippen LogP contribution in [0.2, 0.25) is 0 Å². The summed E-state index contributed by atoms with van der Waals surface area (Å²) in [4.78, 5) is 12.7. The summed E-state index contributed by atoms with van der Waals surface area (Å²) in [5, 5.41) is 2.79. The summed E-state index contributed by atoms with van der Waals surface area (Å²) in [6.45, 7) is 7.40. The molecule has 6 nitrogen and oxygen atoms in total. The molecule has 27 heavy (non-hydrogen) atoms. The summed E-state index contributed by atoms with van der Waals surface area (Å²) in [5.41, 5.74) is 2.34. The minimum absolute atomic E-state index is 0.0674. The smallest absolute Gasteiger partial charge is 0.264 e. The number of anilines is 1. The summed E-state index contributed by atoms with van der Waals surface area (Å²) in [5.74, 6) is 0.0575. The molecule has 2 aromatic carbocycles. The molecule has 1 atom stereocenters. The van der Waals surface area contributed by atoms with Gasteiger partial charge in [0.15, 0.2) is 6.10 Å². The molecule has 0 radical (unpaired) electrons. The van der Waals surface area contributed by atoms with Crippen molar-refractivity contribution < 1.29 is 17.9 Å². The highest BCUT2D eigenvalue weighted by atomic mass is 32.2. The summed E-state index contributed by atoms with van der Waals surface area (Å²) in [7, 11) is -3.83. The van der Waals surface area contributed by atoms with Gasteiger partial charge in [0.05, 0.1) is 17.1 Å². The lowest BCUT2D eigenvalue weighted by Gasteiger charge is -2.35. The Kier molecular flexibility index (Phi) is 5.15. The Morgan fingerprint density at radius 1 is 1.11 bits per heavy atom. The second-order valence-corrected chi connectivity index (χ2v) is 8.95. The van der Waals surface area contributed by atoms with Crippen LogP contribution in [0.4, 0.5) is 5.69 Å². The number of rotatable bonds is 4. The largest absolute Gasteiger partial charge is 0.476 e. The van der Waals surface area contributed by atoms with E-state index in [0.29, 0.717) is 11.4 Å². The Morgan fingerprint density at radius 2 is 1.74 bits per heavy atom. The highest BCUT2D eigenvalue weighted by Crippen LogP contribution is 2.37. The minimum Gasteiger partial charge on any atom is -0.476 e. The highest BCUT2D eigenvalue weighted by molar-refractivity contribution is 7.92. The third-order valence-corrected chi connectivity index (χ3v) is 6.11. The molecule has 0 spiro atoms. The van der Waals surface area contributed by atoms with Crippen molar-refractivity contribution in [2.45, 2.75) is 44.7 Å². The van der Waals surface area contributed by atoms with Gasteiger partial charge in [-0.25, -0.2) is 8.42 Å². The van der Waals surface area contributed by atoms with Crippen LogP contribution in [0.15, 0.2) is 47.4 Å².